The molecule has 0 saturated carbocycles. The summed E-state index contributed by atoms with van der Waals surface area (Å²) < 4.78 is 13.3. The molecule has 168 valence electrons. The van der Waals surface area contributed by atoms with Crippen molar-refractivity contribution in [3.8, 4) is 0 Å². The Kier molecular flexibility index (Phi) is 10.6. The molecule has 0 radical (unpaired) electrons. The van der Waals surface area contributed by atoms with Gasteiger partial charge in [-0.3, -0.25) is 9.59 Å². The van der Waals surface area contributed by atoms with Gasteiger partial charge in [0.1, 0.15) is 11.9 Å². The molecule has 0 aliphatic heterocycles. The highest BCUT2D eigenvalue weighted by atomic mass is 32.2. The van der Waals surface area contributed by atoms with E-state index in [0.29, 0.717) is 18.6 Å². The Morgan fingerprint density at radius 2 is 1.68 bits per heavy atom. The summed E-state index contributed by atoms with van der Waals surface area (Å²) >= 11 is 1.70. The zero-order valence-corrected chi connectivity index (χ0v) is 19.5. The summed E-state index contributed by atoms with van der Waals surface area (Å²) in [4.78, 5) is 27.7. The molecule has 2 amide bonds. The highest BCUT2D eigenvalue weighted by Crippen LogP contribution is 2.17. The van der Waals surface area contributed by atoms with Crippen molar-refractivity contribution >= 4 is 23.6 Å². The van der Waals surface area contributed by atoms with Crippen molar-refractivity contribution in [1.29, 1.82) is 0 Å². The van der Waals surface area contributed by atoms with E-state index in [4.69, 9.17) is 0 Å². The number of benzene rings is 2. The Morgan fingerprint density at radius 1 is 1.00 bits per heavy atom. The number of thioether (sulfide) groups is 1. The Morgan fingerprint density at radius 3 is 2.29 bits per heavy atom. The van der Waals surface area contributed by atoms with Crippen molar-refractivity contribution in [1.82, 2.24) is 10.2 Å². The van der Waals surface area contributed by atoms with Crippen LogP contribution in [0.25, 0.3) is 0 Å². The lowest BCUT2D eigenvalue weighted by Gasteiger charge is -2.31. The number of rotatable bonds is 12. The van der Waals surface area contributed by atoms with Crippen LogP contribution in [0.5, 0.6) is 0 Å². The Hall–Kier alpha value is -2.34. The van der Waals surface area contributed by atoms with Crippen LogP contribution in [0.1, 0.15) is 51.2 Å². The Balaban J connectivity index is 2.06. The predicted molar refractivity (Wildman–Crippen MR) is 126 cm³/mol. The van der Waals surface area contributed by atoms with Gasteiger partial charge in [0.2, 0.25) is 11.8 Å². The molecule has 0 aliphatic carbocycles. The van der Waals surface area contributed by atoms with Crippen molar-refractivity contribution < 1.29 is 14.0 Å². The quantitative estimate of drug-likeness (QED) is 0.460. The van der Waals surface area contributed by atoms with Crippen LogP contribution in [-0.4, -0.2) is 34.6 Å². The third-order valence-corrected chi connectivity index (χ3v) is 6.26. The van der Waals surface area contributed by atoms with E-state index in [1.807, 2.05) is 39.0 Å². The first-order valence-corrected chi connectivity index (χ1v) is 12.1. The summed E-state index contributed by atoms with van der Waals surface area (Å²) in [5.41, 5.74) is 2.03. The maximum absolute atomic E-state index is 13.3. The zero-order chi connectivity index (χ0) is 22.6. The van der Waals surface area contributed by atoms with Crippen molar-refractivity contribution in [2.24, 2.45) is 0 Å². The van der Waals surface area contributed by atoms with Gasteiger partial charge in [-0.2, -0.15) is 11.8 Å². The Bertz CT molecular complexity index is 814. The number of nitrogens with one attached hydrogen (secondary N) is 1. The van der Waals surface area contributed by atoms with Gasteiger partial charge < -0.3 is 10.2 Å². The minimum atomic E-state index is -0.550. The van der Waals surface area contributed by atoms with Crippen molar-refractivity contribution in [3.05, 3.63) is 71.5 Å². The number of amides is 2. The molecule has 2 aromatic carbocycles. The largest absolute Gasteiger partial charge is 0.352 e. The number of carbonyl (C=O) groups is 2. The molecule has 6 heteroatoms. The SMILES string of the molecule is CC[C@@H](C)NC(=O)[C@@H](CC)N(Cc1ccc(F)cc1)C(=O)CCSCc1ccccc1. The molecule has 0 heterocycles. The van der Waals surface area contributed by atoms with Gasteiger partial charge in [-0.25, -0.2) is 4.39 Å². The molecule has 2 aromatic rings. The third-order valence-electron chi connectivity index (χ3n) is 5.22. The molecule has 0 saturated heterocycles. The van der Waals surface area contributed by atoms with Crippen LogP contribution in [0.4, 0.5) is 4.39 Å². The fourth-order valence-corrected chi connectivity index (χ4v) is 4.11. The maximum atomic E-state index is 13.3. The van der Waals surface area contributed by atoms with Crippen LogP contribution in [0.3, 0.4) is 0 Å². The van der Waals surface area contributed by atoms with Crippen LogP contribution in [-0.2, 0) is 21.9 Å². The number of hydrogen-bond donors (Lipinski definition) is 1. The molecule has 0 aliphatic rings. The molecule has 1 N–H and O–H groups in total. The van der Waals surface area contributed by atoms with E-state index in [1.54, 1.807) is 28.8 Å². The van der Waals surface area contributed by atoms with Crippen LogP contribution >= 0.6 is 11.8 Å². The minimum Gasteiger partial charge on any atom is -0.352 e. The van der Waals surface area contributed by atoms with Crippen molar-refractivity contribution in [3.63, 3.8) is 0 Å². The summed E-state index contributed by atoms with van der Waals surface area (Å²) in [6.07, 6.45) is 1.70. The zero-order valence-electron chi connectivity index (χ0n) is 18.6. The average Bonchev–Trinajstić information content (AvgIpc) is 2.78. The van der Waals surface area contributed by atoms with Crippen LogP contribution < -0.4 is 5.32 Å². The van der Waals surface area contributed by atoms with Gasteiger partial charge in [-0.05, 0) is 43.0 Å². The highest BCUT2D eigenvalue weighted by Gasteiger charge is 2.28. The second-order valence-corrected chi connectivity index (χ2v) is 8.78. The third kappa shape index (κ3) is 8.37. The summed E-state index contributed by atoms with van der Waals surface area (Å²) in [6.45, 7) is 6.17. The second-order valence-electron chi connectivity index (χ2n) is 7.68. The van der Waals surface area contributed by atoms with Gasteiger partial charge in [0, 0.05) is 30.5 Å². The molecule has 4 nitrogen and oxygen atoms in total. The van der Waals surface area contributed by atoms with Gasteiger partial charge in [0.25, 0.3) is 0 Å². The molecule has 0 spiro atoms. The predicted octanol–water partition coefficient (Wildman–Crippen LogP) is 5.17. The van der Waals surface area contributed by atoms with Gasteiger partial charge in [-0.1, -0.05) is 56.3 Å². The topological polar surface area (TPSA) is 49.4 Å². The number of hydrogen-bond acceptors (Lipinski definition) is 3. The van der Waals surface area contributed by atoms with Crippen molar-refractivity contribution in [2.45, 2.75) is 64.4 Å². The molecule has 0 bridgehead atoms. The standard InChI is InChI=1S/C25H33FN2O2S/c1-4-19(3)27-25(30)23(5-2)28(17-20-11-13-22(26)14-12-20)24(29)15-16-31-18-21-9-7-6-8-10-21/h6-14,19,23H,4-5,15-18H2,1-3H3,(H,27,30)/t19-,23-/m1/s1. The first-order chi connectivity index (χ1) is 14.9. The van der Waals surface area contributed by atoms with Gasteiger partial charge >= 0.3 is 0 Å². The van der Waals surface area contributed by atoms with Gasteiger partial charge in [-0.15, -0.1) is 0 Å². The normalized spacial score (nSPS) is 12.8. The van der Waals surface area contributed by atoms with E-state index in [9.17, 15) is 14.0 Å². The first kappa shape index (κ1) is 24.9. The summed E-state index contributed by atoms with van der Waals surface area (Å²) in [7, 11) is 0. The second kappa shape index (κ2) is 13.2. The van der Waals surface area contributed by atoms with E-state index in [0.717, 1.165) is 17.7 Å². The number of carbonyl (C=O) groups excluding carboxylic acids is 2. The van der Waals surface area contributed by atoms with E-state index in [2.05, 4.69) is 17.4 Å². The smallest absolute Gasteiger partial charge is 0.243 e. The van der Waals surface area contributed by atoms with Crippen LogP contribution in [0.2, 0.25) is 0 Å². The average molecular weight is 445 g/mol. The van der Waals surface area contributed by atoms with Gasteiger partial charge in [0.15, 0.2) is 0 Å². The lowest BCUT2D eigenvalue weighted by molar-refractivity contribution is -0.141. The first-order valence-electron chi connectivity index (χ1n) is 10.9. The van der Waals surface area contributed by atoms with Crippen molar-refractivity contribution in [2.75, 3.05) is 5.75 Å². The highest BCUT2D eigenvalue weighted by molar-refractivity contribution is 7.98. The lowest BCUT2D eigenvalue weighted by Crippen LogP contribution is -2.50. The van der Waals surface area contributed by atoms with E-state index >= 15 is 0 Å². The van der Waals surface area contributed by atoms with E-state index in [1.165, 1.54) is 17.7 Å². The molecule has 0 aromatic heterocycles. The number of nitrogens with zero attached hydrogens (tertiary/aromatic N) is 1. The fraction of sp³-hybridized carbons (Fsp3) is 0.440. The van der Waals surface area contributed by atoms with Crippen LogP contribution in [0.15, 0.2) is 54.6 Å². The molecule has 2 rings (SSSR count). The molecule has 0 unspecified atom stereocenters. The number of halogens is 1. The fourth-order valence-electron chi connectivity index (χ4n) is 3.21. The summed E-state index contributed by atoms with van der Waals surface area (Å²) in [6, 6.07) is 15.7. The minimum absolute atomic E-state index is 0.0470. The Labute approximate surface area is 189 Å². The summed E-state index contributed by atoms with van der Waals surface area (Å²) in [5, 5.41) is 3.00. The molecular weight excluding hydrogens is 411 g/mol. The van der Waals surface area contributed by atoms with Gasteiger partial charge in [0.05, 0.1) is 0 Å². The van der Waals surface area contributed by atoms with E-state index in [-0.39, 0.29) is 30.2 Å². The molecule has 31 heavy (non-hydrogen) atoms. The monoisotopic (exact) mass is 444 g/mol. The molecule has 2 atom stereocenters. The lowest BCUT2D eigenvalue weighted by atomic mass is 10.1. The molecule has 0 fully saturated rings. The van der Waals surface area contributed by atoms with E-state index < -0.39 is 6.04 Å². The van der Waals surface area contributed by atoms with Crippen LogP contribution in [0, 0.1) is 5.82 Å². The summed E-state index contributed by atoms with van der Waals surface area (Å²) in [5.74, 6) is 1.01. The molecular formula is C25H33FN2O2S. The maximum Gasteiger partial charge on any atom is 0.243 e.